The Morgan fingerprint density at radius 2 is 1.96 bits per heavy atom. The van der Waals surface area contributed by atoms with Crippen molar-refractivity contribution < 1.29 is 14.3 Å². The van der Waals surface area contributed by atoms with Crippen LogP contribution in [0.3, 0.4) is 0 Å². The van der Waals surface area contributed by atoms with E-state index in [4.69, 9.17) is 19.4 Å². The molecule has 236 valence electrons. The van der Waals surface area contributed by atoms with Gasteiger partial charge in [-0.3, -0.25) is 4.79 Å². The molecule has 0 radical (unpaired) electrons. The van der Waals surface area contributed by atoms with E-state index in [2.05, 4.69) is 84.6 Å². The first kappa shape index (κ1) is 31.1. The number of likely N-dealkylation sites (tertiary alicyclic amines) is 1. The molecule has 4 heterocycles. The zero-order valence-electron chi connectivity index (χ0n) is 26.3. The van der Waals surface area contributed by atoms with Gasteiger partial charge in [-0.2, -0.15) is 15.2 Å². The fourth-order valence-corrected chi connectivity index (χ4v) is 7.25. The Bertz CT molecular complexity index is 1600. The average Bonchev–Trinajstić information content (AvgIpc) is 3.03. The molecule has 0 N–H and O–H groups in total. The van der Waals surface area contributed by atoms with Crippen LogP contribution in [-0.2, 0) is 22.5 Å². The summed E-state index contributed by atoms with van der Waals surface area (Å²) in [6, 6.07) is 15.3. The van der Waals surface area contributed by atoms with Gasteiger partial charge in [-0.15, -0.1) is 0 Å². The van der Waals surface area contributed by atoms with E-state index in [9.17, 15) is 10.1 Å². The smallest absolute Gasteiger partial charge is 0.319 e. The van der Waals surface area contributed by atoms with Crippen LogP contribution in [0.25, 0.3) is 10.8 Å². The number of amides is 1. The molecule has 3 aliphatic rings. The van der Waals surface area contributed by atoms with E-state index in [-0.39, 0.29) is 29.9 Å². The van der Waals surface area contributed by atoms with E-state index in [1.54, 1.807) is 16.7 Å². The summed E-state index contributed by atoms with van der Waals surface area (Å²) >= 11 is 1.59. The zero-order chi connectivity index (χ0) is 31.5. The number of thioether (sulfide) groups is 1. The quantitative estimate of drug-likeness (QED) is 0.238. The normalized spacial score (nSPS) is 19.5. The van der Waals surface area contributed by atoms with E-state index < -0.39 is 0 Å². The lowest BCUT2D eigenvalue weighted by atomic mass is 9.99. The van der Waals surface area contributed by atoms with Crippen LogP contribution in [0, 0.1) is 18.3 Å². The summed E-state index contributed by atoms with van der Waals surface area (Å²) in [6.45, 7) is 12.8. The van der Waals surface area contributed by atoms with Crippen LogP contribution in [-0.4, -0.2) is 95.5 Å². The molecule has 0 aliphatic carbocycles. The molecule has 3 aromatic rings. The predicted octanol–water partition coefficient (Wildman–Crippen LogP) is 4.36. The number of anilines is 2. The highest BCUT2D eigenvalue weighted by atomic mass is 32.2. The Kier molecular flexibility index (Phi) is 9.45. The Morgan fingerprint density at radius 1 is 1.16 bits per heavy atom. The first-order chi connectivity index (χ1) is 21.8. The second-order valence-electron chi connectivity index (χ2n) is 12.1. The van der Waals surface area contributed by atoms with Crippen molar-refractivity contribution in [1.82, 2.24) is 19.8 Å². The largest absolute Gasteiger partial charge is 0.452 e. The third-order valence-electron chi connectivity index (χ3n) is 8.93. The molecule has 2 saturated heterocycles. The summed E-state index contributed by atoms with van der Waals surface area (Å²) in [5.41, 5.74) is 4.49. The number of fused-ring (bicyclic) bond motifs is 2. The minimum absolute atomic E-state index is 0.00638. The first-order valence-corrected chi connectivity index (χ1v) is 16.7. The second kappa shape index (κ2) is 13.6. The maximum atomic E-state index is 12.6. The van der Waals surface area contributed by atoms with Gasteiger partial charge < -0.3 is 29.1 Å². The summed E-state index contributed by atoms with van der Waals surface area (Å²) in [5, 5.41) is 12.0. The van der Waals surface area contributed by atoms with Crippen molar-refractivity contribution in [1.29, 1.82) is 5.26 Å². The number of carbonyl (C=O) groups excluding carboxylic acids is 1. The fraction of sp³-hybridized carbons (Fsp3) is 0.471. The molecule has 0 spiro atoms. The molecule has 0 bridgehead atoms. The average molecular weight is 628 g/mol. The molecule has 6 rings (SSSR count). The maximum absolute atomic E-state index is 12.6. The van der Waals surface area contributed by atoms with Crippen LogP contribution in [0.1, 0.15) is 30.2 Å². The molecule has 45 heavy (non-hydrogen) atoms. The number of likely N-dealkylation sites (N-methyl/N-ethyl adjacent to an activating group) is 1. The van der Waals surface area contributed by atoms with Gasteiger partial charge in [0.1, 0.15) is 17.2 Å². The molecule has 0 unspecified atom stereocenters. The van der Waals surface area contributed by atoms with Crippen LogP contribution in [0.2, 0.25) is 0 Å². The van der Waals surface area contributed by atoms with Crippen molar-refractivity contribution in [3.63, 3.8) is 0 Å². The molecule has 1 amide bonds. The number of hydrogen-bond acceptors (Lipinski definition) is 10. The molecule has 10 nitrogen and oxygen atoms in total. The van der Waals surface area contributed by atoms with Crippen LogP contribution in [0.4, 0.5) is 11.5 Å². The number of rotatable bonds is 10. The minimum Gasteiger partial charge on any atom is -0.452 e. The Labute approximate surface area is 269 Å². The summed E-state index contributed by atoms with van der Waals surface area (Å²) in [7, 11) is 2.09. The summed E-state index contributed by atoms with van der Waals surface area (Å²) in [4.78, 5) is 31.1. The third kappa shape index (κ3) is 6.73. The van der Waals surface area contributed by atoms with Crippen molar-refractivity contribution in [3.05, 3.63) is 65.9 Å². The van der Waals surface area contributed by atoms with E-state index in [1.807, 2.05) is 0 Å². The Balaban J connectivity index is 1.27. The number of hydrogen-bond donors (Lipinski definition) is 0. The molecule has 0 saturated carbocycles. The van der Waals surface area contributed by atoms with Crippen molar-refractivity contribution in [2.75, 3.05) is 62.1 Å². The summed E-state index contributed by atoms with van der Waals surface area (Å²) < 4.78 is 12.3. The maximum Gasteiger partial charge on any atom is 0.319 e. The zero-order valence-corrected chi connectivity index (χ0v) is 27.1. The third-order valence-corrected chi connectivity index (χ3v) is 9.76. The van der Waals surface area contributed by atoms with Crippen LogP contribution in [0.15, 0.2) is 49.1 Å². The second-order valence-corrected chi connectivity index (χ2v) is 13.3. The van der Waals surface area contributed by atoms with Crippen molar-refractivity contribution in [3.8, 4) is 12.1 Å². The van der Waals surface area contributed by atoms with Gasteiger partial charge in [0, 0.05) is 55.9 Å². The van der Waals surface area contributed by atoms with Crippen LogP contribution < -0.4 is 14.5 Å². The van der Waals surface area contributed by atoms with Gasteiger partial charge >= 0.3 is 6.01 Å². The monoisotopic (exact) mass is 627 g/mol. The van der Waals surface area contributed by atoms with Gasteiger partial charge in [0.15, 0.2) is 0 Å². The number of piperazine rings is 1. The standard InChI is InChI=1S/C34H41N7O3S/c1-5-31(42)41-17-16-40(18-26(41)12-14-35)33-28-13-15-39(30-11-7-10-25-9-6-8-23(2)32(25)30)21-29(28)36-34(37-33)43-22-45-24(3)44-27-19-38(4)20-27/h5-11,24,26-27H,1,12-13,15-22H2,2-4H3/t24-,26+/m1/s1. The van der Waals surface area contributed by atoms with E-state index in [1.165, 1.54) is 28.1 Å². The highest BCUT2D eigenvalue weighted by molar-refractivity contribution is 7.99. The topological polar surface area (TPSA) is 98.1 Å². The van der Waals surface area contributed by atoms with Crippen LogP contribution in [0.5, 0.6) is 6.01 Å². The van der Waals surface area contributed by atoms with Crippen molar-refractivity contribution >= 4 is 39.9 Å². The fourth-order valence-electron chi connectivity index (χ4n) is 6.65. The number of nitriles is 1. The lowest BCUT2D eigenvalue weighted by Crippen LogP contribution is -2.55. The number of carbonyl (C=O) groups is 1. The Hall–Kier alpha value is -3.85. The van der Waals surface area contributed by atoms with Gasteiger partial charge in [-0.25, -0.2) is 0 Å². The lowest BCUT2D eigenvalue weighted by Gasteiger charge is -2.42. The highest BCUT2D eigenvalue weighted by Crippen LogP contribution is 2.36. The lowest BCUT2D eigenvalue weighted by molar-refractivity contribution is -0.128. The minimum atomic E-state index is -0.248. The number of nitrogens with zero attached hydrogens (tertiary/aromatic N) is 7. The number of aromatic nitrogens is 2. The van der Waals surface area contributed by atoms with Gasteiger partial charge in [0.2, 0.25) is 5.91 Å². The summed E-state index contributed by atoms with van der Waals surface area (Å²) in [6.07, 6.45) is 2.61. The molecular weight excluding hydrogens is 586 g/mol. The first-order valence-electron chi connectivity index (χ1n) is 15.6. The number of aryl methyl sites for hydroxylation is 1. The van der Waals surface area contributed by atoms with E-state index >= 15 is 0 Å². The van der Waals surface area contributed by atoms with E-state index in [0.29, 0.717) is 38.1 Å². The molecule has 11 heteroatoms. The van der Waals surface area contributed by atoms with Gasteiger partial charge in [0.25, 0.3) is 0 Å². The number of benzene rings is 2. The Morgan fingerprint density at radius 3 is 2.71 bits per heavy atom. The molecule has 2 atom stereocenters. The van der Waals surface area contributed by atoms with Gasteiger partial charge in [0.05, 0.1) is 36.9 Å². The molecular formula is C34H41N7O3S. The number of ether oxygens (including phenoxy) is 2. The predicted molar refractivity (Wildman–Crippen MR) is 179 cm³/mol. The highest BCUT2D eigenvalue weighted by Gasteiger charge is 2.33. The van der Waals surface area contributed by atoms with E-state index in [0.717, 1.165) is 43.1 Å². The van der Waals surface area contributed by atoms with Gasteiger partial charge in [-0.05, 0) is 50.4 Å². The van der Waals surface area contributed by atoms with Gasteiger partial charge in [-0.1, -0.05) is 48.7 Å². The molecule has 2 fully saturated rings. The molecule has 1 aromatic heterocycles. The van der Waals surface area contributed by atoms with Crippen LogP contribution >= 0.6 is 11.8 Å². The summed E-state index contributed by atoms with van der Waals surface area (Å²) in [5.74, 6) is 1.06. The van der Waals surface area contributed by atoms with Crippen molar-refractivity contribution in [2.45, 2.75) is 50.8 Å². The van der Waals surface area contributed by atoms with Crippen molar-refractivity contribution in [2.24, 2.45) is 0 Å². The SMILES string of the molecule is C=CC(=O)N1CCN(c2nc(OCS[C@H](C)OC3CN(C)C3)nc3c2CCN(c2cccc4cccc(C)c24)C3)C[C@@H]1CC#N. The molecule has 3 aliphatic heterocycles. The molecule has 2 aromatic carbocycles.